The van der Waals surface area contributed by atoms with Gasteiger partial charge in [0.15, 0.2) is 5.76 Å². The molecule has 0 radical (unpaired) electrons. The number of carbonyl (C=O) groups excluding carboxylic acids is 2. The third-order valence-electron chi connectivity index (χ3n) is 4.06. The summed E-state index contributed by atoms with van der Waals surface area (Å²) < 4.78 is 5.37. The van der Waals surface area contributed by atoms with E-state index in [-0.39, 0.29) is 12.1 Å². The van der Waals surface area contributed by atoms with Crippen LogP contribution in [0.3, 0.4) is 0 Å². The molecular weight excluding hydrogens is 318 g/mol. The zero-order valence-corrected chi connectivity index (χ0v) is 13.9. The van der Waals surface area contributed by atoms with Crippen molar-refractivity contribution in [1.82, 2.24) is 4.90 Å². The molecule has 0 spiro atoms. The summed E-state index contributed by atoms with van der Waals surface area (Å²) in [6, 6.07) is 16.4. The van der Waals surface area contributed by atoms with E-state index in [1.54, 1.807) is 24.3 Å². The standard InChI is InChI=1S/C20H19NO4/c1-2-25-16-10-8-15(9-11-16)17-18(22)20(24)21(19(17)23)13-12-14-6-4-3-5-7-14/h3-11,22H,2,12-13H2,1H3. The maximum absolute atomic E-state index is 12.6. The Morgan fingerprint density at radius 2 is 1.64 bits per heavy atom. The number of hydrogen-bond acceptors (Lipinski definition) is 4. The molecule has 0 saturated carbocycles. The maximum Gasteiger partial charge on any atom is 0.296 e. The molecule has 1 N–H and O–H groups in total. The van der Waals surface area contributed by atoms with Crippen molar-refractivity contribution in [2.45, 2.75) is 13.3 Å². The lowest BCUT2D eigenvalue weighted by atomic mass is 10.1. The highest BCUT2D eigenvalue weighted by molar-refractivity contribution is 6.34. The van der Waals surface area contributed by atoms with Crippen molar-refractivity contribution in [2.24, 2.45) is 0 Å². The Bertz CT molecular complexity index is 809. The van der Waals surface area contributed by atoms with Crippen LogP contribution in [0.1, 0.15) is 18.1 Å². The smallest absolute Gasteiger partial charge is 0.296 e. The molecule has 0 saturated heterocycles. The van der Waals surface area contributed by atoms with E-state index < -0.39 is 17.6 Å². The van der Waals surface area contributed by atoms with Gasteiger partial charge in [-0.3, -0.25) is 14.5 Å². The van der Waals surface area contributed by atoms with Gasteiger partial charge in [-0.2, -0.15) is 0 Å². The minimum atomic E-state index is -0.648. The Morgan fingerprint density at radius 3 is 2.28 bits per heavy atom. The van der Waals surface area contributed by atoms with E-state index in [1.165, 1.54) is 0 Å². The van der Waals surface area contributed by atoms with Crippen LogP contribution in [-0.4, -0.2) is 35.0 Å². The van der Waals surface area contributed by atoms with E-state index in [2.05, 4.69) is 0 Å². The van der Waals surface area contributed by atoms with Gasteiger partial charge < -0.3 is 9.84 Å². The molecule has 3 rings (SSSR count). The zero-order valence-electron chi connectivity index (χ0n) is 13.9. The van der Waals surface area contributed by atoms with Crippen molar-refractivity contribution >= 4 is 17.4 Å². The summed E-state index contributed by atoms with van der Waals surface area (Å²) in [5.41, 5.74) is 1.57. The summed E-state index contributed by atoms with van der Waals surface area (Å²) in [6.07, 6.45) is 0.544. The van der Waals surface area contributed by atoms with Crippen molar-refractivity contribution in [3.8, 4) is 5.75 Å². The molecule has 0 unspecified atom stereocenters. The van der Waals surface area contributed by atoms with E-state index in [9.17, 15) is 14.7 Å². The van der Waals surface area contributed by atoms with E-state index in [0.717, 1.165) is 10.5 Å². The predicted molar refractivity (Wildman–Crippen MR) is 94.0 cm³/mol. The summed E-state index contributed by atoms with van der Waals surface area (Å²) in [7, 11) is 0. The largest absolute Gasteiger partial charge is 0.502 e. The molecule has 5 heteroatoms. The van der Waals surface area contributed by atoms with Crippen LogP contribution in [-0.2, 0) is 16.0 Å². The summed E-state index contributed by atoms with van der Waals surface area (Å²) in [5.74, 6) is -0.946. The summed E-state index contributed by atoms with van der Waals surface area (Å²) in [4.78, 5) is 26.0. The number of amides is 2. The van der Waals surface area contributed by atoms with Gasteiger partial charge >= 0.3 is 0 Å². The second kappa shape index (κ2) is 7.21. The maximum atomic E-state index is 12.6. The molecule has 1 heterocycles. The first kappa shape index (κ1) is 16.8. The molecule has 5 nitrogen and oxygen atoms in total. The minimum Gasteiger partial charge on any atom is -0.502 e. The van der Waals surface area contributed by atoms with Crippen LogP contribution in [0.4, 0.5) is 0 Å². The van der Waals surface area contributed by atoms with Crippen molar-refractivity contribution in [3.63, 3.8) is 0 Å². The van der Waals surface area contributed by atoms with Crippen molar-refractivity contribution in [2.75, 3.05) is 13.2 Å². The molecule has 2 aromatic carbocycles. The third-order valence-corrected chi connectivity index (χ3v) is 4.06. The van der Waals surface area contributed by atoms with Gasteiger partial charge in [0.25, 0.3) is 11.8 Å². The quantitative estimate of drug-likeness (QED) is 0.823. The third kappa shape index (κ3) is 3.40. The summed E-state index contributed by atoms with van der Waals surface area (Å²) >= 11 is 0. The molecule has 0 aliphatic carbocycles. The monoisotopic (exact) mass is 337 g/mol. The highest BCUT2D eigenvalue weighted by atomic mass is 16.5. The van der Waals surface area contributed by atoms with Crippen LogP contribution in [0.25, 0.3) is 5.57 Å². The van der Waals surface area contributed by atoms with Gasteiger partial charge in [-0.05, 0) is 36.6 Å². The Hall–Kier alpha value is -3.08. The first-order valence-corrected chi connectivity index (χ1v) is 8.18. The van der Waals surface area contributed by atoms with Crippen LogP contribution >= 0.6 is 0 Å². The van der Waals surface area contributed by atoms with E-state index in [0.29, 0.717) is 24.3 Å². The highest BCUT2D eigenvalue weighted by Gasteiger charge is 2.38. The fraction of sp³-hybridized carbons (Fsp3) is 0.200. The zero-order chi connectivity index (χ0) is 17.8. The lowest BCUT2D eigenvalue weighted by Gasteiger charge is -2.14. The van der Waals surface area contributed by atoms with Gasteiger partial charge in [0.1, 0.15) is 5.75 Å². The van der Waals surface area contributed by atoms with Gasteiger partial charge in [0, 0.05) is 6.54 Å². The number of benzene rings is 2. The van der Waals surface area contributed by atoms with Gasteiger partial charge in [0.05, 0.1) is 12.2 Å². The molecule has 0 atom stereocenters. The topological polar surface area (TPSA) is 66.8 Å². The normalized spacial score (nSPS) is 14.4. The first-order valence-electron chi connectivity index (χ1n) is 8.18. The second-order valence-electron chi connectivity index (χ2n) is 5.68. The molecule has 0 fully saturated rings. The van der Waals surface area contributed by atoms with Crippen LogP contribution in [0.2, 0.25) is 0 Å². The molecule has 2 aromatic rings. The van der Waals surface area contributed by atoms with Gasteiger partial charge in [-0.15, -0.1) is 0 Å². The average molecular weight is 337 g/mol. The molecule has 25 heavy (non-hydrogen) atoms. The SMILES string of the molecule is CCOc1ccc(C2=C(O)C(=O)N(CCc3ccccc3)C2=O)cc1. The molecule has 2 amide bonds. The van der Waals surface area contributed by atoms with Crippen LogP contribution in [0.5, 0.6) is 5.75 Å². The predicted octanol–water partition coefficient (Wildman–Crippen LogP) is 2.97. The highest BCUT2D eigenvalue weighted by Crippen LogP contribution is 2.29. The Labute approximate surface area is 146 Å². The number of imide groups is 1. The van der Waals surface area contributed by atoms with Crippen molar-refractivity contribution in [3.05, 3.63) is 71.5 Å². The number of aliphatic hydroxyl groups is 1. The van der Waals surface area contributed by atoms with Crippen molar-refractivity contribution < 1.29 is 19.4 Å². The van der Waals surface area contributed by atoms with Gasteiger partial charge in [-0.1, -0.05) is 42.5 Å². The van der Waals surface area contributed by atoms with Crippen LogP contribution in [0.15, 0.2) is 60.4 Å². The lowest BCUT2D eigenvalue weighted by molar-refractivity contribution is -0.138. The fourth-order valence-electron chi connectivity index (χ4n) is 2.80. The number of hydrogen-bond donors (Lipinski definition) is 1. The van der Waals surface area contributed by atoms with Gasteiger partial charge in [-0.25, -0.2) is 0 Å². The summed E-state index contributed by atoms with van der Waals surface area (Å²) in [5, 5.41) is 10.2. The molecule has 0 aromatic heterocycles. The minimum absolute atomic E-state index is 0.0427. The fourth-order valence-corrected chi connectivity index (χ4v) is 2.80. The van der Waals surface area contributed by atoms with Crippen molar-refractivity contribution in [1.29, 1.82) is 0 Å². The number of carbonyl (C=O) groups is 2. The first-order chi connectivity index (χ1) is 12.1. The second-order valence-corrected chi connectivity index (χ2v) is 5.68. The Balaban J connectivity index is 1.77. The number of aliphatic hydroxyl groups excluding tert-OH is 1. The molecule has 0 bridgehead atoms. The van der Waals surface area contributed by atoms with Crippen LogP contribution < -0.4 is 4.74 Å². The average Bonchev–Trinajstić information content (AvgIpc) is 2.84. The summed E-state index contributed by atoms with van der Waals surface area (Å²) in [6.45, 7) is 2.65. The van der Waals surface area contributed by atoms with E-state index in [1.807, 2.05) is 37.3 Å². The molecular formula is C20H19NO4. The Kier molecular flexibility index (Phi) is 4.84. The molecule has 128 valence electrons. The molecule has 1 aliphatic rings. The lowest BCUT2D eigenvalue weighted by Crippen LogP contribution is -2.33. The van der Waals surface area contributed by atoms with E-state index >= 15 is 0 Å². The van der Waals surface area contributed by atoms with Gasteiger partial charge in [0.2, 0.25) is 0 Å². The molecule has 1 aliphatic heterocycles. The number of nitrogens with zero attached hydrogens (tertiary/aromatic N) is 1. The van der Waals surface area contributed by atoms with E-state index in [4.69, 9.17) is 4.74 Å². The number of rotatable bonds is 6. The van der Waals surface area contributed by atoms with Crippen LogP contribution in [0, 0.1) is 0 Å². The number of ether oxygens (including phenoxy) is 1. The Morgan fingerprint density at radius 1 is 0.960 bits per heavy atom.